The van der Waals surface area contributed by atoms with E-state index in [9.17, 15) is 0 Å². The minimum Gasteiger partial charge on any atom is -0.485 e. The smallest absolute Gasteiger partial charge is 0.140 e. The van der Waals surface area contributed by atoms with Crippen LogP contribution >= 0.6 is 22.9 Å². The zero-order valence-electron chi connectivity index (χ0n) is 10.4. The summed E-state index contributed by atoms with van der Waals surface area (Å²) in [6.45, 7) is 0.453. The minimum atomic E-state index is 0.148. The minimum absolute atomic E-state index is 0.148. The molecule has 0 amide bonds. The van der Waals surface area contributed by atoms with Crippen LogP contribution in [-0.4, -0.2) is 4.98 Å². The van der Waals surface area contributed by atoms with Gasteiger partial charge in [0.1, 0.15) is 17.4 Å². The highest BCUT2D eigenvalue weighted by atomic mass is 35.5. The molecule has 1 aromatic heterocycles. The summed E-state index contributed by atoms with van der Waals surface area (Å²) in [5, 5.41) is 1.60. The van der Waals surface area contributed by atoms with Gasteiger partial charge in [0.15, 0.2) is 0 Å². The monoisotopic (exact) mass is 294 g/mol. The maximum atomic E-state index is 6.10. The first-order valence-corrected chi connectivity index (χ1v) is 7.55. The highest BCUT2D eigenvalue weighted by Crippen LogP contribution is 2.33. The second-order valence-electron chi connectivity index (χ2n) is 4.64. The molecule has 19 heavy (non-hydrogen) atoms. The second kappa shape index (κ2) is 5.49. The Bertz CT molecular complexity index is 585. The van der Waals surface area contributed by atoms with Gasteiger partial charge in [-0.25, -0.2) is 4.98 Å². The van der Waals surface area contributed by atoms with Gasteiger partial charge in [0.2, 0.25) is 0 Å². The zero-order valence-corrected chi connectivity index (χ0v) is 12.0. The number of aryl methyl sites for hydroxylation is 1. The van der Waals surface area contributed by atoms with Crippen LogP contribution < -0.4 is 10.5 Å². The number of nitrogens with zero attached hydrogens (tertiary/aromatic N) is 1. The number of para-hydroxylation sites is 1. The Morgan fingerprint density at radius 3 is 3.05 bits per heavy atom. The van der Waals surface area contributed by atoms with Crippen LogP contribution in [0.2, 0.25) is 5.02 Å². The normalized spacial score (nSPS) is 18.1. The van der Waals surface area contributed by atoms with Gasteiger partial charge in [0, 0.05) is 10.9 Å². The van der Waals surface area contributed by atoms with Gasteiger partial charge in [-0.05, 0) is 31.4 Å². The summed E-state index contributed by atoms with van der Waals surface area (Å²) in [6.07, 6.45) is 3.22. The van der Waals surface area contributed by atoms with Crippen molar-refractivity contribution >= 4 is 22.9 Å². The molecular formula is C14H15ClN2OS. The molecule has 1 aromatic carbocycles. The average Bonchev–Trinajstić information content (AvgIpc) is 2.82. The molecule has 0 saturated heterocycles. The topological polar surface area (TPSA) is 48.1 Å². The van der Waals surface area contributed by atoms with Crippen LogP contribution in [0.25, 0.3) is 0 Å². The fourth-order valence-corrected chi connectivity index (χ4v) is 3.52. The predicted octanol–water partition coefficient (Wildman–Crippen LogP) is 3.71. The van der Waals surface area contributed by atoms with Crippen molar-refractivity contribution in [2.24, 2.45) is 5.73 Å². The second-order valence-corrected chi connectivity index (χ2v) is 6.16. The standard InChI is InChI=1S/C14H15ClN2OS/c15-9-4-1-2-7-12(9)18-8-13-17-11-6-3-5-10(16)14(11)19-13/h1-2,4,7,10H,3,5-6,8,16H2. The fraction of sp³-hybridized carbons (Fsp3) is 0.357. The largest absolute Gasteiger partial charge is 0.485 e. The molecule has 1 atom stereocenters. The number of halogens is 1. The van der Waals surface area contributed by atoms with Crippen LogP contribution in [0.4, 0.5) is 0 Å². The molecule has 0 spiro atoms. The van der Waals surface area contributed by atoms with Crippen molar-refractivity contribution in [3.8, 4) is 5.75 Å². The molecular weight excluding hydrogens is 280 g/mol. The van der Waals surface area contributed by atoms with Crippen LogP contribution in [0.5, 0.6) is 5.75 Å². The number of rotatable bonds is 3. The van der Waals surface area contributed by atoms with Crippen LogP contribution in [0.15, 0.2) is 24.3 Å². The molecule has 3 nitrogen and oxygen atoms in total. The molecule has 0 radical (unpaired) electrons. The van der Waals surface area contributed by atoms with Crippen LogP contribution in [0.3, 0.4) is 0 Å². The van der Waals surface area contributed by atoms with E-state index in [4.69, 9.17) is 22.1 Å². The molecule has 100 valence electrons. The van der Waals surface area contributed by atoms with Gasteiger partial charge in [-0.3, -0.25) is 0 Å². The highest BCUT2D eigenvalue weighted by Gasteiger charge is 2.21. The Labute approximate surface area is 121 Å². The summed E-state index contributed by atoms with van der Waals surface area (Å²) >= 11 is 7.72. The van der Waals surface area contributed by atoms with Gasteiger partial charge in [0.05, 0.1) is 10.7 Å². The van der Waals surface area contributed by atoms with Gasteiger partial charge >= 0.3 is 0 Å². The number of aromatic nitrogens is 1. The maximum absolute atomic E-state index is 6.10. The quantitative estimate of drug-likeness (QED) is 0.939. The van der Waals surface area contributed by atoms with Crippen LogP contribution in [-0.2, 0) is 13.0 Å². The van der Waals surface area contributed by atoms with Crippen molar-refractivity contribution < 1.29 is 4.74 Å². The Hall–Kier alpha value is -1.10. The molecule has 2 N–H and O–H groups in total. The number of fused-ring (bicyclic) bond motifs is 1. The maximum Gasteiger partial charge on any atom is 0.140 e. The van der Waals surface area contributed by atoms with Crippen molar-refractivity contribution in [1.82, 2.24) is 4.98 Å². The van der Waals surface area contributed by atoms with E-state index in [2.05, 4.69) is 4.98 Å². The van der Waals surface area contributed by atoms with E-state index in [0.29, 0.717) is 17.4 Å². The third-order valence-electron chi connectivity index (χ3n) is 3.23. The van der Waals surface area contributed by atoms with Gasteiger partial charge in [-0.2, -0.15) is 0 Å². The number of hydrogen-bond acceptors (Lipinski definition) is 4. The molecule has 3 rings (SSSR count). The Morgan fingerprint density at radius 2 is 2.26 bits per heavy atom. The van der Waals surface area contributed by atoms with Crippen molar-refractivity contribution in [3.05, 3.63) is 44.9 Å². The van der Waals surface area contributed by atoms with Crippen molar-refractivity contribution in [2.75, 3.05) is 0 Å². The average molecular weight is 295 g/mol. The Balaban J connectivity index is 1.73. The molecule has 0 aliphatic heterocycles. The van der Waals surface area contributed by atoms with Crippen molar-refractivity contribution in [3.63, 3.8) is 0 Å². The molecule has 0 bridgehead atoms. The summed E-state index contributed by atoms with van der Waals surface area (Å²) in [6, 6.07) is 7.62. The number of hydrogen-bond donors (Lipinski definition) is 1. The molecule has 1 aliphatic carbocycles. The lowest BCUT2D eigenvalue weighted by atomic mass is 9.99. The highest BCUT2D eigenvalue weighted by molar-refractivity contribution is 7.11. The SMILES string of the molecule is NC1CCCc2nc(COc3ccccc3Cl)sc21. The van der Waals surface area contributed by atoms with Gasteiger partial charge < -0.3 is 10.5 Å². The first-order chi connectivity index (χ1) is 9.24. The molecule has 1 heterocycles. The Morgan fingerprint density at radius 1 is 1.42 bits per heavy atom. The molecule has 2 aromatic rings. The third kappa shape index (κ3) is 2.76. The summed E-state index contributed by atoms with van der Waals surface area (Å²) in [5.74, 6) is 0.696. The van der Waals surface area contributed by atoms with E-state index in [-0.39, 0.29) is 6.04 Å². The molecule has 5 heteroatoms. The van der Waals surface area contributed by atoms with Gasteiger partial charge in [0.25, 0.3) is 0 Å². The van der Waals surface area contributed by atoms with Crippen LogP contribution in [0.1, 0.15) is 34.5 Å². The molecule has 1 unspecified atom stereocenters. The summed E-state index contributed by atoms with van der Waals surface area (Å²) < 4.78 is 5.71. The number of thiazole rings is 1. The van der Waals surface area contributed by atoms with Gasteiger partial charge in [-0.15, -0.1) is 11.3 Å². The molecule has 0 fully saturated rings. The number of nitrogens with two attached hydrogens (primary N) is 1. The first-order valence-electron chi connectivity index (χ1n) is 6.35. The van der Waals surface area contributed by atoms with E-state index >= 15 is 0 Å². The van der Waals surface area contributed by atoms with Gasteiger partial charge in [-0.1, -0.05) is 23.7 Å². The first kappa shape index (κ1) is 12.9. The number of ether oxygens (including phenoxy) is 1. The molecule has 0 saturated carbocycles. The lowest BCUT2D eigenvalue weighted by Gasteiger charge is -2.15. The lowest BCUT2D eigenvalue weighted by molar-refractivity contribution is 0.305. The van der Waals surface area contributed by atoms with Crippen molar-refractivity contribution in [1.29, 1.82) is 0 Å². The van der Waals surface area contributed by atoms with E-state index in [1.165, 1.54) is 4.88 Å². The summed E-state index contributed by atoms with van der Waals surface area (Å²) in [4.78, 5) is 5.84. The number of benzene rings is 1. The zero-order chi connectivity index (χ0) is 13.2. The van der Waals surface area contributed by atoms with Crippen LogP contribution in [0, 0.1) is 0 Å². The van der Waals surface area contributed by atoms with E-state index in [1.54, 1.807) is 11.3 Å². The Kier molecular flexibility index (Phi) is 3.73. The summed E-state index contributed by atoms with van der Waals surface area (Å²) in [7, 11) is 0. The predicted molar refractivity (Wildman–Crippen MR) is 77.8 cm³/mol. The van der Waals surface area contributed by atoms with E-state index in [0.717, 1.165) is 30.0 Å². The van der Waals surface area contributed by atoms with Crippen molar-refractivity contribution in [2.45, 2.75) is 31.9 Å². The van der Waals surface area contributed by atoms with E-state index < -0.39 is 0 Å². The third-order valence-corrected chi connectivity index (χ3v) is 4.74. The molecule has 1 aliphatic rings. The lowest BCUT2D eigenvalue weighted by Crippen LogP contribution is -2.15. The fourth-order valence-electron chi connectivity index (χ4n) is 2.27. The van der Waals surface area contributed by atoms with E-state index in [1.807, 2.05) is 24.3 Å². The summed E-state index contributed by atoms with van der Waals surface area (Å²) in [5.41, 5.74) is 7.25.